The molecule has 6 nitrogen and oxygen atoms in total. The van der Waals surface area contributed by atoms with Crippen LogP contribution in [-0.4, -0.2) is 33.7 Å². The molecule has 0 fully saturated rings. The number of benzene rings is 1. The number of hydrogen-bond donors (Lipinski definition) is 1. The zero-order chi connectivity index (χ0) is 13.9. The largest absolute Gasteiger partial charge is 0.481 e. The van der Waals surface area contributed by atoms with Gasteiger partial charge in [0.2, 0.25) is 10.0 Å². The predicted octanol–water partition coefficient (Wildman–Crippen LogP) is 0.335. The lowest BCUT2D eigenvalue weighted by atomic mass is 10.3. The van der Waals surface area contributed by atoms with Gasteiger partial charge in [-0.1, -0.05) is 0 Å². The van der Waals surface area contributed by atoms with E-state index in [0.717, 1.165) is 10.6 Å². The number of sulfonamides is 1. The average molecular weight is 272 g/mol. The molecule has 0 heterocycles. The number of carbonyl (C=O) groups excluding carboxylic acids is 1. The highest BCUT2D eigenvalue weighted by Gasteiger charge is 2.13. The molecule has 0 aliphatic heterocycles. The lowest BCUT2D eigenvalue weighted by Gasteiger charge is -2.17. The quantitative estimate of drug-likeness (QED) is 0.836. The van der Waals surface area contributed by atoms with Crippen LogP contribution in [0.25, 0.3) is 0 Å². The Morgan fingerprint density at radius 2 is 1.83 bits per heavy atom. The van der Waals surface area contributed by atoms with Gasteiger partial charge in [-0.2, -0.15) is 0 Å². The summed E-state index contributed by atoms with van der Waals surface area (Å²) in [7, 11) is -1.83. The van der Waals surface area contributed by atoms with Crippen molar-refractivity contribution < 1.29 is 17.9 Å². The van der Waals surface area contributed by atoms with Gasteiger partial charge in [0.25, 0.3) is 5.91 Å². The molecule has 0 aromatic heterocycles. The summed E-state index contributed by atoms with van der Waals surface area (Å²) in [4.78, 5) is 10.8. The van der Waals surface area contributed by atoms with Crippen molar-refractivity contribution in [2.75, 3.05) is 17.6 Å². The molecule has 0 bridgehead atoms. The first kappa shape index (κ1) is 14.3. The van der Waals surface area contributed by atoms with Crippen molar-refractivity contribution in [3.8, 4) is 5.75 Å². The second-order valence-corrected chi connectivity index (χ2v) is 5.90. The van der Waals surface area contributed by atoms with E-state index in [0.29, 0.717) is 11.4 Å². The lowest BCUT2D eigenvalue weighted by molar-refractivity contribution is -0.123. The summed E-state index contributed by atoms with van der Waals surface area (Å²) in [6, 6.07) is 6.33. The van der Waals surface area contributed by atoms with Crippen LogP contribution < -0.4 is 14.8 Å². The van der Waals surface area contributed by atoms with Gasteiger partial charge in [-0.3, -0.25) is 9.10 Å². The molecule has 18 heavy (non-hydrogen) atoms. The van der Waals surface area contributed by atoms with Crippen molar-refractivity contribution in [1.82, 2.24) is 0 Å². The van der Waals surface area contributed by atoms with E-state index in [2.05, 4.69) is 0 Å². The Labute approximate surface area is 106 Å². The Balaban J connectivity index is 2.84. The summed E-state index contributed by atoms with van der Waals surface area (Å²) < 4.78 is 29.0. The van der Waals surface area contributed by atoms with Gasteiger partial charge in [0.05, 0.1) is 11.9 Å². The molecule has 0 aliphatic carbocycles. The van der Waals surface area contributed by atoms with Gasteiger partial charge in [0, 0.05) is 7.05 Å². The van der Waals surface area contributed by atoms with Crippen LogP contribution in [0.15, 0.2) is 24.3 Å². The van der Waals surface area contributed by atoms with Gasteiger partial charge in [-0.15, -0.1) is 0 Å². The maximum Gasteiger partial charge on any atom is 0.258 e. The third kappa shape index (κ3) is 3.63. The van der Waals surface area contributed by atoms with Crippen LogP contribution in [0.4, 0.5) is 5.69 Å². The number of hydrogen-bond acceptors (Lipinski definition) is 4. The Kier molecular flexibility index (Phi) is 4.18. The standard InChI is InChI=1S/C11H16N2O4S/c1-8(11(12)14)17-10-6-4-9(5-7-10)13(2)18(3,15)16/h4-8H,1-3H3,(H2,12,14). The van der Waals surface area contributed by atoms with Crippen LogP contribution in [0.2, 0.25) is 0 Å². The summed E-state index contributed by atoms with van der Waals surface area (Å²) in [5.74, 6) is -0.112. The summed E-state index contributed by atoms with van der Waals surface area (Å²) in [5.41, 5.74) is 5.58. The minimum Gasteiger partial charge on any atom is -0.481 e. The number of rotatable bonds is 5. The molecule has 0 saturated heterocycles. The Hall–Kier alpha value is -1.76. The number of nitrogens with zero attached hydrogens (tertiary/aromatic N) is 1. The first-order valence-electron chi connectivity index (χ1n) is 5.21. The fourth-order valence-corrected chi connectivity index (χ4v) is 1.69. The molecule has 1 unspecified atom stereocenters. The zero-order valence-corrected chi connectivity index (χ0v) is 11.3. The molecule has 0 radical (unpaired) electrons. The topological polar surface area (TPSA) is 89.7 Å². The number of ether oxygens (including phenoxy) is 1. The van der Waals surface area contributed by atoms with Crippen LogP contribution in [0.3, 0.4) is 0 Å². The summed E-state index contributed by atoms with van der Waals surface area (Å²) in [5, 5.41) is 0. The Morgan fingerprint density at radius 3 is 2.22 bits per heavy atom. The smallest absolute Gasteiger partial charge is 0.258 e. The van der Waals surface area contributed by atoms with Gasteiger partial charge in [-0.05, 0) is 31.2 Å². The van der Waals surface area contributed by atoms with E-state index in [1.54, 1.807) is 31.2 Å². The highest BCUT2D eigenvalue weighted by Crippen LogP contribution is 2.20. The van der Waals surface area contributed by atoms with Crippen molar-refractivity contribution in [3.05, 3.63) is 24.3 Å². The lowest BCUT2D eigenvalue weighted by Crippen LogP contribution is -2.30. The third-order valence-corrected chi connectivity index (χ3v) is 3.62. The number of primary amides is 1. The fourth-order valence-electron chi connectivity index (χ4n) is 1.19. The summed E-state index contributed by atoms with van der Waals surface area (Å²) in [6.07, 6.45) is 0.385. The van der Waals surface area contributed by atoms with E-state index < -0.39 is 22.0 Å². The van der Waals surface area contributed by atoms with E-state index >= 15 is 0 Å². The Bertz CT molecular complexity index is 524. The number of anilines is 1. The average Bonchev–Trinajstić information content (AvgIpc) is 2.27. The van der Waals surface area contributed by atoms with E-state index in [1.807, 2.05) is 0 Å². The molecular weight excluding hydrogens is 256 g/mol. The first-order valence-corrected chi connectivity index (χ1v) is 7.06. The molecule has 1 amide bonds. The summed E-state index contributed by atoms with van der Waals surface area (Å²) in [6.45, 7) is 1.54. The van der Waals surface area contributed by atoms with Gasteiger partial charge in [0.1, 0.15) is 5.75 Å². The highest BCUT2D eigenvalue weighted by atomic mass is 32.2. The second kappa shape index (κ2) is 5.26. The molecule has 1 aromatic carbocycles. The molecule has 0 saturated carbocycles. The molecule has 0 spiro atoms. The molecule has 1 rings (SSSR count). The van der Waals surface area contributed by atoms with Crippen molar-refractivity contribution >= 4 is 21.6 Å². The molecule has 100 valence electrons. The molecular formula is C11H16N2O4S. The third-order valence-electron chi connectivity index (χ3n) is 2.41. The SMILES string of the molecule is CC(Oc1ccc(N(C)S(C)(=O)=O)cc1)C(N)=O. The van der Waals surface area contributed by atoms with E-state index in [4.69, 9.17) is 10.5 Å². The minimum atomic E-state index is -3.29. The number of nitrogens with two attached hydrogens (primary N) is 1. The van der Waals surface area contributed by atoms with Crippen LogP contribution >= 0.6 is 0 Å². The zero-order valence-electron chi connectivity index (χ0n) is 10.5. The maximum atomic E-state index is 11.3. The second-order valence-electron chi connectivity index (χ2n) is 3.89. The summed E-state index contributed by atoms with van der Waals surface area (Å²) >= 11 is 0. The predicted molar refractivity (Wildman–Crippen MR) is 69.0 cm³/mol. The van der Waals surface area contributed by atoms with Crippen LogP contribution in [0.5, 0.6) is 5.75 Å². The number of amides is 1. The van der Waals surface area contributed by atoms with Crippen LogP contribution in [0, 0.1) is 0 Å². The minimum absolute atomic E-state index is 0.451. The van der Waals surface area contributed by atoms with Crippen molar-refractivity contribution in [3.63, 3.8) is 0 Å². The first-order chi connectivity index (χ1) is 8.21. The van der Waals surface area contributed by atoms with Gasteiger partial charge in [0.15, 0.2) is 6.10 Å². The van der Waals surface area contributed by atoms with Gasteiger partial charge < -0.3 is 10.5 Å². The van der Waals surface area contributed by atoms with Crippen molar-refractivity contribution in [2.45, 2.75) is 13.0 Å². The molecule has 2 N–H and O–H groups in total. The van der Waals surface area contributed by atoms with E-state index in [1.165, 1.54) is 7.05 Å². The molecule has 0 aliphatic rings. The Morgan fingerprint density at radius 1 is 1.33 bits per heavy atom. The molecule has 1 atom stereocenters. The maximum absolute atomic E-state index is 11.3. The fraction of sp³-hybridized carbons (Fsp3) is 0.364. The normalized spacial score (nSPS) is 12.8. The molecule has 7 heteroatoms. The molecule has 1 aromatic rings. The van der Waals surface area contributed by atoms with Crippen molar-refractivity contribution in [2.24, 2.45) is 5.73 Å². The van der Waals surface area contributed by atoms with Crippen molar-refractivity contribution in [1.29, 1.82) is 0 Å². The van der Waals surface area contributed by atoms with Crippen LogP contribution in [0.1, 0.15) is 6.92 Å². The van der Waals surface area contributed by atoms with Crippen LogP contribution in [-0.2, 0) is 14.8 Å². The van der Waals surface area contributed by atoms with Gasteiger partial charge >= 0.3 is 0 Å². The number of carbonyl (C=O) groups is 1. The monoisotopic (exact) mass is 272 g/mol. The highest BCUT2D eigenvalue weighted by molar-refractivity contribution is 7.92. The van der Waals surface area contributed by atoms with E-state index in [9.17, 15) is 13.2 Å². The van der Waals surface area contributed by atoms with Gasteiger partial charge in [-0.25, -0.2) is 8.42 Å². The van der Waals surface area contributed by atoms with E-state index in [-0.39, 0.29) is 0 Å².